The quantitative estimate of drug-likeness (QED) is 0.478. The van der Waals surface area contributed by atoms with Gasteiger partial charge in [-0.1, -0.05) is 18.2 Å². The van der Waals surface area contributed by atoms with Gasteiger partial charge in [0, 0.05) is 6.20 Å². The molecule has 2 aromatic heterocycles. The molecule has 0 unspecified atom stereocenters. The summed E-state index contributed by atoms with van der Waals surface area (Å²) in [6.07, 6.45) is 1.64. The van der Waals surface area contributed by atoms with Gasteiger partial charge >= 0.3 is 0 Å². The number of hydrogen-bond acceptors (Lipinski definition) is 6. The Morgan fingerprint density at radius 2 is 1.77 bits per heavy atom. The maximum Gasteiger partial charge on any atom is 0.293 e. The second-order valence-corrected chi connectivity index (χ2v) is 6.18. The van der Waals surface area contributed by atoms with Gasteiger partial charge in [0.25, 0.3) is 5.91 Å². The molecule has 0 atom stereocenters. The first-order chi connectivity index (χ1) is 14.7. The van der Waals surface area contributed by atoms with Crippen LogP contribution in [0.25, 0.3) is 11.5 Å². The maximum absolute atomic E-state index is 12.6. The molecule has 0 spiro atoms. The Labute approximate surface area is 172 Å². The third-order valence-corrected chi connectivity index (χ3v) is 4.09. The zero-order chi connectivity index (χ0) is 20.8. The number of anilines is 1. The lowest BCUT2D eigenvalue weighted by Gasteiger charge is -2.12. The van der Waals surface area contributed by atoms with Crippen LogP contribution >= 0.6 is 0 Å². The molecule has 0 radical (unpaired) electrons. The van der Waals surface area contributed by atoms with Crippen LogP contribution in [0.1, 0.15) is 17.5 Å². The molecule has 2 N–H and O–H groups in total. The summed E-state index contributed by atoms with van der Waals surface area (Å²) in [6, 6.07) is 19.8. The summed E-state index contributed by atoms with van der Waals surface area (Å²) in [5.41, 5.74) is 1.08. The molecular formula is C22H19N5O3. The van der Waals surface area contributed by atoms with Crippen molar-refractivity contribution < 1.29 is 14.3 Å². The van der Waals surface area contributed by atoms with Crippen molar-refractivity contribution in [3.05, 3.63) is 78.8 Å². The van der Waals surface area contributed by atoms with Crippen molar-refractivity contribution >= 4 is 11.6 Å². The number of benzene rings is 2. The summed E-state index contributed by atoms with van der Waals surface area (Å²) in [4.78, 5) is 21.0. The van der Waals surface area contributed by atoms with Crippen LogP contribution < -0.4 is 14.8 Å². The Morgan fingerprint density at radius 1 is 1.00 bits per heavy atom. The van der Waals surface area contributed by atoms with Crippen LogP contribution in [0.4, 0.5) is 5.69 Å². The SMILES string of the molecule is CCOc1ccc(Oc2ccccc2NC(=O)c2nc(-c3ccccn3)n[nH]2)cc1. The number of aromatic amines is 1. The van der Waals surface area contributed by atoms with Gasteiger partial charge in [0.15, 0.2) is 11.6 Å². The molecule has 0 aliphatic rings. The highest BCUT2D eigenvalue weighted by Crippen LogP contribution is 2.30. The van der Waals surface area contributed by atoms with E-state index in [1.807, 2.05) is 31.2 Å². The minimum Gasteiger partial charge on any atom is -0.494 e. The third kappa shape index (κ3) is 4.44. The van der Waals surface area contributed by atoms with Crippen LogP contribution in [0.2, 0.25) is 0 Å². The van der Waals surface area contributed by atoms with Gasteiger partial charge in [0.1, 0.15) is 17.2 Å². The second kappa shape index (κ2) is 8.87. The van der Waals surface area contributed by atoms with Crippen molar-refractivity contribution in [3.63, 3.8) is 0 Å². The second-order valence-electron chi connectivity index (χ2n) is 6.18. The maximum atomic E-state index is 12.6. The van der Waals surface area contributed by atoms with Gasteiger partial charge in [-0.25, -0.2) is 4.98 Å². The van der Waals surface area contributed by atoms with E-state index in [-0.39, 0.29) is 5.82 Å². The van der Waals surface area contributed by atoms with Crippen molar-refractivity contribution in [2.75, 3.05) is 11.9 Å². The molecule has 4 aromatic rings. The molecule has 0 aliphatic carbocycles. The van der Waals surface area contributed by atoms with E-state index in [2.05, 4.69) is 25.5 Å². The van der Waals surface area contributed by atoms with Crippen molar-refractivity contribution in [3.8, 4) is 28.8 Å². The lowest BCUT2D eigenvalue weighted by Crippen LogP contribution is -2.14. The Kier molecular flexibility index (Phi) is 5.66. The van der Waals surface area contributed by atoms with E-state index >= 15 is 0 Å². The standard InChI is InChI=1S/C22H19N5O3/c1-2-29-15-10-12-16(13-11-15)30-19-9-4-3-7-17(19)24-22(28)21-25-20(26-27-21)18-8-5-6-14-23-18/h3-14H,2H2,1H3,(H,24,28)(H,25,26,27). The number of H-pyrrole nitrogens is 1. The average molecular weight is 401 g/mol. The Bertz CT molecular complexity index is 1130. The predicted octanol–water partition coefficient (Wildman–Crippen LogP) is 4.31. The number of nitrogens with zero attached hydrogens (tertiary/aromatic N) is 3. The van der Waals surface area contributed by atoms with Crippen LogP contribution in [0.15, 0.2) is 72.9 Å². The van der Waals surface area contributed by atoms with Gasteiger partial charge in [-0.15, -0.1) is 0 Å². The topological polar surface area (TPSA) is 102 Å². The largest absolute Gasteiger partial charge is 0.494 e. The fourth-order valence-electron chi connectivity index (χ4n) is 2.71. The molecule has 30 heavy (non-hydrogen) atoms. The van der Waals surface area contributed by atoms with Crippen LogP contribution in [0, 0.1) is 0 Å². The molecule has 8 heteroatoms. The molecule has 2 aromatic carbocycles. The number of para-hydroxylation sites is 2. The molecular weight excluding hydrogens is 382 g/mol. The number of carbonyl (C=O) groups is 1. The van der Waals surface area contributed by atoms with E-state index in [4.69, 9.17) is 9.47 Å². The van der Waals surface area contributed by atoms with Crippen molar-refractivity contribution in [2.45, 2.75) is 6.92 Å². The van der Waals surface area contributed by atoms with Crippen LogP contribution in [-0.2, 0) is 0 Å². The summed E-state index contributed by atoms with van der Waals surface area (Å²) in [5.74, 6) is 1.87. The summed E-state index contributed by atoms with van der Waals surface area (Å²) in [6.45, 7) is 2.52. The van der Waals surface area contributed by atoms with Gasteiger partial charge in [0.05, 0.1) is 12.3 Å². The molecule has 0 bridgehead atoms. The van der Waals surface area contributed by atoms with Crippen LogP contribution in [0.3, 0.4) is 0 Å². The number of aromatic nitrogens is 4. The highest BCUT2D eigenvalue weighted by atomic mass is 16.5. The highest BCUT2D eigenvalue weighted by molar-refractivity contribution is 6.02. The number of nitrogens with one attached hydrogen (secondary N) is 2. The van der Waals surface area contributed by atoms with E-state index in [0.717, 1.165) is 5.75 Å². The van der Waals surface area contributed by atoms with Gasteiger partial charge in [-0.3, -0.25) is 14.9 Å². The number of hydrogen-bond donors (Lipinski definition) is 2. The molecule has 2 heterocycles. The molecule has 150 valence electrons. The van der Waals surface area contributed by atoms with E-state index in [1.54, 1.807) is 48.7 Å². The predicted molar refractivity (Wildman–Crippen MR) is 112 cm³/mol. The molecule has 0 aliphatic heterocycles. The lowest BCUT2D eigenvalue weighted by atomic mass is 10.2. The lowest BCUT2D eigenvalue weighted by molar-refractivity contribution is 0.101. The van der Waals surface area contributed by atoms with Crippen molar-refractivity contribution in [2.24, 2.45) is 0 Å². The summed E-state index contributed by atoms with van der Waals surface area (Å²) >= 11 is 0. The first-order valence-electron chi connectivity index (χ1n) is 9.38. The molecule has 0 fully saturated rings. The summed E-state index contributed by atoms with van der Waals surface area (Å²) in [5, 5.41) is 9.50. The third-order valence-electron chi connectivity index (χ3n) is 4.09. The van der Waals surface area contributed by atoms with E-state index < -0.39 is 5.91 Å². The minimum absolute atomic E-state index is 0.0755. The molecule has 0 saturated carbocycles. The summed E-state index contributed by atoms with van der Waals surface area (Å²) in [7, 11) is 0. The van der Waals surface area contributed by atoms with Gasteiger partial charge < -0.3 is 14.8 Å². The molecule has 4 rings (SSSR count). The monoisotopic (exact) mass is 401 g/mol. The first kappa shape index (κ1) is 19.1. The number of ether oxygens (including phenoxy) is 2. The number of carbonyl (C=O) groups excluding carboxylic acids is 1. The number of pyridine rings is 1. The van der Waals surface area contributed by atoms with E-state index in [1.165, 1.54) is 0 Å². The van der Waals surface area contributed by atoms with Crippen molar-refractivity contribution in [1.29, 1.82) is 0 Å². The van der Waals surface area contributed by atoms with Gasteiger partial charge in [0.2, 0.25) is 5.82 Å². The van der Waals surface area contributed by atoms with Crippen LogP contribution in [-0.4, -0.2) is 32.7 Å². The zero-order valence-corrected chi connectivity index (χ0v) is 16.2. The van der Waals surface area contributed by atoms with Crippen LogP contribution in [0.5, 0.6) is 17.2 Å². The molecule has 1 amide bonds. The average Bonchev–Trinajstić information content (AvgIpc) is 3.28. The molecule has 0 saturated heterocycles. The van der Waals surface area contributed by atoms with Crippen molar-refractivity contribution in [1.82, 2.24) is 20.2 Å². The van der Waals surface area contributed by atoms with E-state index in [9.17, 15) is 4.79 Å². The Hall–Kier alpha value is -4.20. The molecule has 8 nitrogen and oxygen atoms in total. The Morgan fingerprint density at radius 3 is 2.53 bits per heavy atom. The smallest absolute Gasteiger partial charge is 0.293 e. The normalized spacial score (nSPS) is 10.4. The minimum atomic E-state index is -0.438. The Balaban J connectivity index is 1.49. The first-order valence-corrected chi connectivity index (χ1v) is 9.38. The zero-order valence-electron chi connectivity index (χ0n) is 16.2. The fraction of sp³-hybridized carbons (Fsp3) is 0.0909. The highest BCUT2D eigenvalue weighted by Gasteiger charge is 2.16. The van der Waals surface area contributed by atoms with Gasteiger partial charge in [-0.05, 0) is 55.5 Å². The fourth-order valence-corrected chi connectivity index (χ4v) is 2.71. The summed E-state index contributed by atoms with van der Waals surface area (Å²) < 4.78 is 11.4. The van der Waals surface area contributed by atoms with Gasteiger partial charge in [-0.2, -0.15) is 5.10 Å². The number of amides is 1. The van der Waals surface area contributed by atoms with E-state index in [0.29, 0.717) is 35.3 Å². The number of rotatable bonds is 7.